The molecule has 0 radical (unpaired) electrons. The van der Waals surface area contributed by atoms with E-state index in [-0.39, 0.29) is 12.5 Å². The molecule has 6 nitrogen and oxygen atoms in total. The fourth-order valence-electron chi connectivity index (χ4n) is 2.17. The molecule has 0 aliphatic carbocycles. The summed E-state index contributed by atoms with van der Waals surface area (Å²) in [4.78, 5) is 16.4. The van der Waals surface area contributed by atoms with Gasteiger partial charge >= 0.3 is 0 Å². The van der Waals surface area contributed by atoms with Crippen LogP contribution in [0.25, 0.3) is 11.3 Å². The molecule has 1 saturated heterocycles. The first kappa shape index (κ1) is 14.2. The molecule has 0 saturated carbocycles. The summed E-state index contributed by atoms with van der Waals surface area (Å²) >= 11 is 1.37. The molecule has 3 rings (SSSR count). The number of carbonyl (C=O) groups excluding carboxylic acids is 1. The van der Waals surface area contributed by atoms with Crippen molar-refractivity contribution in [2.24, 2.45) is 0 Å². The number of anilines is 1. The normalized spacial score (nSPS) is 18.7. The van der Waals surface area contributed by atoms with Crippen LogP contribution in [0.2, 0.25) is 0 Å². The second-order valence-corrected chi connectivity index (χ2v) is 5.65. The van der Waals surface area contributed by atoms with E-state index in [1.54, 1.807) is 0 Å². The topological polar surface area (TPSA) is 73.6 Å². The largest absolute Gasteiger partial charge is 0.466 e. The Morgan fingerprint density at radius 3 is 2.95 bits per heavy atom. The summed E-state index contributed by atoms with van der Waals surface area (Å²) in [6.45, 7) is 5.04. The number of carbonyl (C=O) groups is 1. The number of furan rings is 1. The SMILES string of the molecule is Cc1cc(-c2csc(NC(=O)C3COCCO3)n2)c(C)o1. The van der Waals surface area contributed by atoms with Gasteiger partial charge in [-0.15, -0.1) is 11.3 Å². The highest BCUT2D eigenvalue weighted by atomic mass is 32.1. The van der Waals surface area contributed by atoms with Crippen LogP contribution in [0, 0.1) is 13.8 Å². The van der Waals surface area contributed by atoms with Gasteiger partial charge in [-0.25, -0.2) is 4.98 Å². The van der Waals surface area contributed by atoms with Crippen LogP contribution < -0.4 is 5.32 Å². The molecule has 2 aromatic heterocycles. The van der Waals surface area contributed by atoms with Crippen LogP contribution in [-0.4, -0.2) is 36.8 Å². The van der Waals surface area contributed by atoms with Crippen LogP contribution in [0.1, 0.15) is 11.5 Å². The van der Waals surface area contributed by atoms with Crippen LogP contribution in [0.15, 0.2) is 15.9 Å². The lowest BCUT2D eigenvalue weighted by atomic mass is 10.2. The monoisotopic (exact) mass is 308 g/mol. The van der Waals surface area contributed by atoms with E-state index < -0.39 is 6.10 Å². The highest BCUT2D eigenvalue weighted by molar-refractivity contribution is 7.14. The maximum atomic E-state index is 12.0. The Morgan fingerprint density at radius 2 is 2.29 bits per heavy atom. The molecule has 1 unspecified atom stereocenters. The van der Waals surface area contributed by atoms with Crippen LogP contribution in [-0.2, 0) is 14.3 Å². The Labute approximate surface area is 126 Å². The molecule has 3 heterocycles. The van der Waals surface area contributed by atoms with Gasteiger partial charge in [0.25, 0.3) is 5.91 Å². The molecular formula is C14H16N2O4S. The summed E-state index contributed by atoms with van der Waals surface area (Å²) in [5.41, 5.74) is 1.74. The van der Waals surface area contributed by atoms with E-state index in [1.807, 2.05) is 25.3 Å². The van der Waals surface area contributed by atoms with E-state index in [9.17, 15) is 4.79 Å². The standard InChI is InChI=1S/C14H16N2O4S/c1-8-5-10(9(2)20-8)11-7-21-14(15-11)16-13(17)12-6-18-3-4-19-12/h5,7,12H,3-4,6H2,1-2H3,(H,15,16,17). The summed E-state index contributed by atoms with van der Waals surface area (Å²) in [7, 11) is 0. The molecule has 0 spiro atoms. The summed E-state index contributed by atoms with van der Waals surface area (Å²) in [5, 5.41) is 5.20. The van der Waals surface area contributed by atoms with Crippen molar-refractivity contribution in [3.63, 3.8) is 0 Å². The highest BCUT2D eigenvalue weighted by Gasteiger charge is 2.23. The second kappa shape index (κ2) is 5.97. The zero-order chi connectivity index (χ0) is 14.8. The fraction of sp³-hybridized carbons (Fsp3) is 0.429. The first-order valence-corrected chi connectivity index (χ1v) is 7.54. The van der Waals surface area contributed by atoms with Gasteiger partial charge in [0.05, 0.1) is 25.5 Å². The van der Waals surface area contributed by atoms with Crippen LogP contribution in [0.4, 0.5) is 5.13 Å². The van der Waals surface area contributed by atoms with Crippen LogP contribution in [0.3, 0.4) is 0 Å². The number of amides is 1. The van der Waals surface area contributed by atoms with E-state index in [2.05, 4.69) is 10.3 Å². The molecule has 0 aromatic carbocycles. The summed E-state index contributed by atoms with van der Waals surface area (Å²) in [5.74, 6) is 1.43. The van der Waals surface area contributed by atoms with Gasteiger partial charge in [0.1, 0.15) is 11.5 Å². The number of hydrogen-bond donors (Lipinski definition) is 1. The van der Waals surface area contributed by atoms with Gasteiger partial charge in [-0.05, 0) is 19.9 Å². The zero-order valence-electron chi connectivity index (χ0n) is 11.8. The van der Waals surface area contributed by atoms with Gasteiger partial charge in [-0.2, -0.15) is 0 Å². The number of rotatable bonds is 3. The molecule has 21 heavy (non-hydrogen) atoms. The van der Waals surface area contributed by atoms with Crippen molar-refractivity contribution in [3.8, 4) is 11.3 Å². The number of nitrogens with one attached hydrogen (secondary N) is 1. The molecule has 1 atom stereocenters. The Balaban J connectivity index is 1.70. The predicted octanol–water partition coefficient (Wildman–Crippen LogP) is 2.37. The molecule has 0 bridgehead atoms. The molecule has 1 fully saturated rings. The van der Waals surface area contributed by atoms with Gasteiger partial charge in [0.2, 0.25) is 0 Å². The summed E-state index contributed by atoms with van der Waals surface area (Å²) in [6, 6.07) is 1.94. The molecule has 1 N–H and O–H groups in total. The fourth-order valence-corrected chi connectivity index (χ4v) is 2.88. The molecular weight excluding hydrogens is 292 g/mol. The van der Waals surface area contributed by atoms with E-state index in [0.29, 0.717) is 18.3 Å². The third kappa shape index (κ3) is 3.15. The number of ether oxygens (including phenoxy) is 2. The van der Waals surface area contributed by atoms with Gasteiger partial charge in [0, 0.05) is 10.9 Å². The average molecular weight is 308 g/mol. The molecule has 1 aliphatic heterocycles. The smallest absolute Gasteiger partial charge is 0.257 e. The number of hydrogen-bond acceptors (Lipinski definition) is 6. The number of thiazole rings is 1. The Hall–Kier alpha value is -1.70. The minimum atomic E-state index is -0.566. The van der Waals surface area contributed by atoms with E-state index in [0.717, 1.165) is 22.8 Å². The number of aryl methyl sites for hydroxylation is 2. The van der Waals surface area contributed by atoms with Crippen molar-refractivity contribution >= 4 is 22.4 Å². The molecule has 1 aliphatic rings. The zero-order valence-corrected chi connectivity index (χ0v) is 12.7. The summed E-state index contributed by atoms with van der Waals surface area (Å²) < 4.78 is 16.1. The van der Waals surface area contributed by atoms with Gasteiger partial charge in [-0.1, -0.05) is 0 Å². The van der Waals surface area contributed by atoms with Crippen LogP contribution >= 0.6 is 11.3 Å². The lowest BCUT2D eigenvalue weighted by Crippen LogP contribution is -2.39. The van der Waals surface area contributed by atoms with Crippen molar-refractivity contribution in [1.82, 2.24) is 4.98 Å². The molecule has 112 valence electrons. The number of nitrogens with zero attached hydrogens (tertiary/aromatic N) is 1. The van der Waals surface area contributed by atoms with Crippen molar-refractivity contribution in [3.05, 3.63) is 23.0 Å². The first-order valence-electron chi connectivity index (χ1n) is 6.66. The van der Waals surface area contributed by atoms with Crippen molar-refractivity contribution in [2.45, 2.75) is 20.0 Å². The van der Waals surface area contributed by atoms with E-state index in [1.165, 1.54) is 11.3 Å². The average Bonchev–Trinajstić information content (AvgIpc) is 3.06. The van der Waals surface area contributed by atoms with Gasteiger partial charge < -0.3 is 13.9 Å². The Bertz CT molecular complexity index is 643. The van der Waals surface area contributed by atoms with Gasteiger partial charge in [-0.3, -0.25) is 10.1 Å². The quantitative estimate of drug-likeness (QED) is 0.942. The van der Waals surface area contributed by atoms with Gasteiger partial charge in [0.15, 0.2) is 11.2 Å². The third-order valence-electron chi connectivity index (χ3n) is 3.16. The van der Waals surface area contributed by atoms with Crippen molar-refractivity contribution in [2.75, 3.05) is 25.1 Å². The maximum Gasteiger partial charge on any atom is 0.257 e. The minimum Gasteiger partial charge on any atom is -0.466 e. The van der Waals surface area contributed by atoms with Crippen molar-refractivity contribution < 1.29 is 18.7 Å². The Kier molecular flexibility index (Phi) is 4.05. The maximum absolute atomic E-state index is 12.0. The van der Waals surface area contributed by atoms with E-state index >= 15 is 0 Å². The lowest BCUT2D eigenvalue weighted by molar-refractivity contribution is -0.142. The number of aromatic nitrogens is 1. The first-order chi connectivity index (χ1) is 10.1. The summed E-state index contributed by atoms with van der Waals surface area (Å²) in [6.07, 6.45) is -0.566. The third-order valence-corrected chi connectivity index (χ3v) is 3.92. The lowest BCUT2D eigenvalue weighted by Gasteiger charge is -2.21. The predicted molar refractivity (Wildman–Crippen MR) is 78.5 cm³/mol. The minimum absolute atomic E-state index is 0.226. The highest BCUT2D eigenvalue weighted by Crippen LogP contribution is 2.29. The Morgan fingerprint density at radius 1 is 1.43 bits per heavy atom. The van der Waals surface area contributed by atoms with Crippen LogP contribution in [0.5, 0.6) is 0 Å². The second-order valence-electron chi connectivity index (χ2n) is 4.79. The molecule has 1 amide bonds. The molecule has 2 aromatic rings. The van der Waals surface area contributed by atoms with E-state index in [4.69, 9.17) is 13.9 Å². The molecule has 7 heteroatoms. The van der Waals surface area contributed by atoms with Crippen molar-refractivity contribution in [1.29, 1.82) is 0 Å².